The summed E-state index contributed by atoms with van der Waals surface area (Å²) >= 11 is 1.69. The first kappa shape index (κ1) is 23.8. The highest BCUT2D eigenvalue weighted by Crippen LogP contribution is 2.26. The molecule has 2 aromatic rings. The van der Waals surface area contributed by atoms with Crippen molar-refractivity contribution >= 4 is 17.3 Å². The zero-order valence-corrected chi connectivity index (χ0v) is 19.0. The van der Waals surface area contributed by atoms with Crippen molar-refractivity contribution in [3.63, 3.8) is 0 Å². The van der Waals surface area contributed by atoms with Gasteiger partial charge in [-0.3, -0.25) is 4.79 Å². The lowest BCUT2D eigenvalue weighted by atomic mass is 9.97. The molecule has 0 saturated carbocycles. The van der Waals surface area contributed by atoms with Gasteiger partial charge in [-0.1, -0.05) is 42.9 Å². The van der Waals surface area contributed by atoms with E-state index in [1.165, 1.54) is 11.1 Å². The number of ether oxygens (including phenoxy) is 1. The van der Waals surface area contributed by atoms with E-state index in [1.54, 1.807) is 17.4 Å². The van der Waals surface area contributed by atoms with Crippen LogP contribution in [0.4, 0.5) is 0 Å². The topological polar surface area (TPSA) is 46.5 Å². The van der Waals surface area contributed by atoms with E-state index in [-0.39, 0.29) is 11.3 Å². The van der Waals surface area contributed by atoms with Gasteiger partial charge in [-0.2, -0.15) is 11.3 Å². The number of aliphatic carboxylic acids is 1. The van der Waals surface area contributed by atoms with E-state index in [1.807, 2.05) is 18.2 Å². The van der Waals surface area contributed by atoms with Crippen LogP contribution in [0.2, 0.25) is 0 Å². The van der Waals surface area contributed by atoms with Gasteiger partial charge in [0.15, 0.2) is 0 Å². The highest BCUT2D eigenvalue weighted by atomic mass is 32.1. The molecule has 4 heteroatoms. The molecule has 1 heterocycles. The molecule has 0 radical (unpaired) electrons. The number of carboxylic acids is 1. The van der Waals surface area contributed by atoms with Gasteiger partial charge in [-0.15, -0.1) is 0 Å². The highest BCUT2D eigenvalue weighted by molar-refractivity contribution is 7.08. The Morgan fingerprint density at radius 1 is 1.20 bits per heavy atom. The molecule has 0 saturated heterocycles. The van der Waals surface area contributed by atoms with E-state index in [2.05, 4.69) is 61.6 Å². The van der Waals surface area contributed by atoms with Gasteiger partial charge in [0, 0.05) is 5.41 Å². The maximum atomic E-state index is 11.5. The van der Waals surface area contributed by atoms with Crippen LogP contribution < -0.4 is 4.74 Å². The largest absolute Gasteiger partial charge is 0.494 e. The van der Waals surface area contributed by atoms with Crippen LogP contribution in [0, 0.1) is 23.2 Å². The van der Waals surface area contributed by atoms with Crippen molar-refractivity contribution in [3.05, 3.63) is 53.2 Å². The van der Waals surface area contributed by atoms with Crippen molar-refractivity contribution in [2.75, 3.05) is 6.61 Å². The third kappa shape index (κ3) is 9.33. The van der Waals surface area contributed by atoms with Gasteiger partial charge in [-0.05, 0) is 86.2 Å². The monoisotopic (exact) mass is 424 g/mol. The summed E-state index contributed by atoms with van der Waals surface area (Å²) in [7, 11) is 0. The number of carboxylic acid groups (broad SMARTS) is 1. The molecule has 0 aliphatic carbocycles. The van der Waals surface area contributed by atoms with Crippen molar-refractivity contribution in [1.82, 2.24) is 0 Å². The number of thiophene rings is 1. The van der Waals surface area contributed by atoms with Crippen molar-refractivity contribution < 1.29 is 14.6 Å². The molecule has 0 bridgehead atoms. The second-order valence-corrected chi connectivity index (χ2v) is 9.21. The van der Waals surface area contributed by atoms with Crippen LogP contribution in [0.5, 0.6) is 5.75 Å². The smallest absolute Gasteiger partial charge is 0.306 e. The van der Waals surface area contributed by atoms with E-state index in [0.29, 0.717) is 19.4 Å². The van der Waals surface area contributed by atoms with Crippen molar-refractivity contribution in [2.45, 2.75) is 52.9 Å². The van der Waals surface area contributed by atoms with Crippen LogP contribution >= 0.6 is 11.3 Å². The summed E-state index contributed by atoms with van der Waals surface area (Å²) in [5.41, 5.74) is 2.34. The lowest BCUT2D eigenvalue weighted by Crippen LogP contribution is -2.12. The Hall–Kier alpha value is -2.51. The molecule has 0 aliphatic heterocycles. The summed E-state index contributed by atoms with van der Waals surface area (Å²) in [6.45, 7) is 6.81. The van der Waals surface area contributed by atoms with Crippen molar-refractivity contribution in [1.29, 1.82) is 0 Å². The fourth-order valence-electron chi connectivity index (χ4n) is 2.95. The van der Waals surface area contributed by atoms with Gasteiger partial charge in [0.25, 0.3) is 0 Å². The molecular formula is C26H32O3S. The molecule has 0 fully saturated rings. The second-order valence-electron chi connectivity index (χ2n) is 8.43. The van der Waals surface area contributed by atoms with Gasteiger partial charge in [-0.25, -0.2) is 0 Å². The van der Waals surface area contributed by atoms with E-state index >= 15 is 0 Å². The Morgan fingerprint density at radius 2 is 2.03 bits per heavy atom. The number of carbonyl (C=O) groups is 1. The van der Waals surface area contributed by atoms with Crippen LogP contribution in [-0.2, 0) is 4.79 Å². The molecule has 1 N–H and O–H groups in total. The summed E-state index contributed by atoms with van der Waals surface area (Å²) in [6.07, 6.45) is 7.63. The fourth-order valence-corrected chi connectivity index (χ4v) is 3.61. The predicted octanol–water partition coefficient (Wildman–Crippen LogP) is 7.05. The Morgan fingerprint density at radius 3 is 2.73 bits per heavy atom. The minimum absolute atomic E-state index is 0.0379. The zero-order valence-electron chi connectivity index (χ0n) is 18.2. The lowest BCUT2D eigenvalue weighted by Gasteiger charge is -2.10. The third-order valence-electron chi connectivity index (χ3n) is 4.57. The van der Waals surface area contributed by atoms with E-state index in [4.69, 9.17) is 4.74 Å². The molecule has 160 valence electrons. The number of benzene rings is 1. The Balaban J connectivity index is 1.67. The number of unbranched alkanes of at least 4 members (excludes halogenated alkanes) is 2. The highest BCUT2D eigenvalue weighted by Gasteiger charge is 2.15. The molecule has 1 aromatic heterocycles. The number of hydrogen-bond acceptors (Lipinski definition) is 3. The van der Waals surface area contributed by atoms with Gasteiger partial charge in [0.1, 0.15) is 5.75 Å². The quantitative estimate of drug-likeness (QED) is 0.310. The van der Waals surface area contributed by atoms with Crippen molar-refractivity contribution in [2.24, 2.45) is 11.3 Å². The van der Waals surface area contributed by atoms with Crippen LogP contribution in [0.3, 0.4) is 0 Å². The number of allylic oxidation sites excluding steroid dienone is 2. The average molecular weight is 425 g/mol. The minimum Gasteiger partial charge on any atom is -0.494 e. The summed E-state index contributed by atoms with van der Waals surface area (Å²) in [6, 6.07) is 10.3. The van der Waals surface area contributed by atoms with E-state index in [0.717, 1.165) is 25.0 Å². The predicted molar refractivity (Wildman–Crippen MR) is 126 cm³/mol. The van der Waals surface area contributed by atoms with Gasteiger partial charge >= 0.3 is 5.97 Å². The van der Waals surface area contributed by atoms with Gasteiger partial charge in [0.05, 0.1) is 12.5 Å². The van der Waals surface area contributed by atoms with Crippen LogP contribution in [-0.4, -0.2) is 17.7 Å². The standard InChI is InChI=1S/C26H32O3S/c1-26(2,3)16-8-4-6-11-21(25(27)28)12-7-5-9-17-29-24-14-10-13-22(19-24)23-15-18-30-20-23/h4,6,10,13-15,18-21H,5,7,9,11-12,17H2,1-3H3,(H,27,28)/b6-4+. The second kappa shape index (κ2) is 12.2. The zero-order chi connectivity index (χ0) is 21.8. The molecule has 1 aromatic carbocycles. The summed E-state index contributed by atoms with van der Waals surface area (Å²) in [5, 5.41) is 13.6. The van der Waals surface area contributed by atoms with Gasteiger partial charge in [0.2, 0.25) is 0 Å². The number of rotatable bonds is 11. The normalized spacial score (nSPS) is 12.4. The SMILES string of the molecule is CC(C)(C)C#C/C=C/CC(CCCCCOc1cccc(-c2ccsc2)c1)C(=O)O. The molecule has 30 heavy (non-hydrogen) atoms. The first-order valence-corrected chi connectivity index (χ1v) is 11.5. The fraction of sp³-hybridized carbons (Fsp3) is 0.423. The van der Waals surface area contributed by atoms with Crippen LogP contribution in [0.25, 0.3) is 11.1 Å². The molecule has 1 unspecified atom stereocenters. The average Bonchev–Trinajstić information content (AvgIpc) is 3.22. The van der Waals surface area contributed by atoms with E-state index in [9.17, 15) is 9.90 Å². The maximum Gasteiger partial charge on any atom is 0.306 e. The lowest BCUT2D eigenvalue weighted by molar-refractivity contribution is -0.141. The first-order chi connectivity index (χ1) is 14.3. The molecule has 2 rings (SSSR count). The first-order valence-electron chi connectivity index (χ1n) is 10.5. The Labute approximate surface area is 184 Å². The molecular weight excluding hydrogens is 392 g/mol. The Bertz CT molecular complexity index is 864. The molecule has 3 nitrogen and oxygen atoms in total. The summed E-state index contributed by atoms with van der Waals surface area (Å²) < 4.78 is 5.88. The summed E-state index contributed by atoms with van der Waals surface area (Å²) in [5.74, 6) is 5.91. The van der Waals surface area contributed by atoms with Crippen LogP contribution in [0.15, 0.2) is 53.2 Å². The molecule has 0 spiro atoms. The maximum absolute atomic E-state index is 11.5. The third-order valence-corrected chi connectivity index (χ3v) is 5.26. The number of hydrogen-bond donors (Lipinski definition) is 1. The van der Waals surface area contributed by atoms with Crippen molar-refractivity contribution in [3.8, 4) is 28.7 Å². The molecule has 1 atom stereocenters. The Kier molecular flexibility index (Phi) is 9.70. The van der Waals surface area contributed by atoms with Crippen LogP contribution in [0.1, 0.15) is 52.9 Å². The summed E-state index contributed by atoms with van der Waals surface area (Å²) in [4.78, 5) is 11.5. The molecule has 0 aliphatic rings. The van der Waals surface area contributed by atoms with Gasteiger partial charge < -0.3 is 9.84 Å². The molecule has 0 amide bonds. The minimum atomic E-state index is -0.732. The van der Waals surface area contributed by atoms with E-state index < -0.39 is 5.97 Å².